The molecule has 1 aromatic rings. The van der Waals surface area contributed by atoms with E-state index in [9.17, 15) is 18.4 Å². The summed E-state index contributed by atoms with van der Waals surface area (Å²) >= 11 is 5.40. The number of nitrogens with zero attached hydrogens (tertiary/aromatic N) is 1. The molecular weight excluding hydrogens is 264 g/mol. The van der Waals surface area contributed by atoms with Crippen LogP contribution in [0.5, 0.6) is 0 Å². The molecule has 1 fully saturated rings. The van der Waals surface area contributed by atoms with Gasteiger partial charge in [0.25, 0.3) is 5.91 Å². The average molecular weight is 274 g/mol. The van der Waals surface area contributed by atoms with Crippen LogP contribution in [0.15, 0.2) is 18.2 Å². The van der Waals surface area contributed by atoms with E-state index in [2.05, 4.69) is 0 Å². The third-order valence-corrected chi connectivity index (χ3v) is 3.19. The summed E-state index contributed by atoms with van der Waals surface area (Å²) in [5, 5.41) is -0.608. The van der Waals surface area contributed by atoms with Gasteiger partial charge in [-0.2, -0.15) is 0 Å². The van der Waals surface area contributed by atoms with Gasteiger partial charge in [-0.3, -0.25) is 9.59 Å². The Bertz CT molecular complexity index is 507. The van der Waals surface area contributed by atoms with Crippen molar-refractivity contribution in [1.82, 2.24) is 4.90 Å². The van der Waals surface area contributed by atoms with Gasteiger partial charge in [0.05, 0.1) is 0 Å². The Morgan fingerprint density at radius 2 is 2.00 bits per heavy atom. The molecule has 96 valence electrons. The first-order valence-electron chi connectivity index (χ1n) is 5.46. The van der Waals surface area contributed by atoms with Gasteiger partial charge >= 0.3 is 0 Å². The van der Waals surface area contributed by atoms with E-state index >= 15 is 0 Å². The second-order valence-corrected chi connectivity index (χ2v) is 4.46. The molecule has 18 heavy (non-hydrogen) atoms. The molecule has 1 aliphatic rings. The third kappa shape index (κ3) is 2.36. The SMILES string of the molecule is O=C(Cl)C1CCCN1C(=O)c1ccc(F)c(F)c1. The van der Waals surface area contributed by atoms with Crippen LogP contribution in [0.2, 0.25) is 0 Å². The quantitative estimate of drug-likeness (QED) is 0.776. The zero-order chi connectivity index (χ0) is 13.3. The smallest absolute Gasteiger partial charge is 0.254 e. The number of benzene rings is 1. The molecule has 0 N–H and O–H groups in total. The molecule has 1 aliphatic heterocycles. The highest BCUT2D eigenvalue weighted by atomic mass is 35.5. The number of rotatable bonds is 2. The van der Waals surface area contributed by atoms with Crippen molar-refractivity contribution in [3.8, 4) is 0 Å². The molecule has 0 saturated carbocycles. The fourth-order valence-corrected chi connectivity index (χ4v) is 2.27. The first-order valence-corrected chi connectivity index (χ1v) is 5.84. The Morgan fingerprint density at radius 3 is 2.61 bits per heavy atom. The maximum absolute atomic E-state index is 13.0. The van der Waals surface area contributed by atoms with Crippen LogP contribution in [0.4, 0.5) is 8.78 Å². The molecule has 3 nitrogen and oxygen atoms in total. The molecule has 0 aliphatic carbocycles. The van der Waals surface area contributed by atoms with E-state index in [4.69, 9.17) is 11.6 Å². The van der Waals surface area contributed by atoms with E-state index < -0.39 is 28.8 Å². The molecule has 0 bridgehead atoms. The minimum absolute atomic E-state index is 0.0127. The number of hydrogen-bond acceptors (Lipinski definition) is 2. The van der Waals surface area contributed by atoms with Crippen LogP contribution < -0.4 is 0 Å². The van der Waals surface area contributed by atoms with Crippen LogP contribution >= 0.6 is 11.6 Å². The number of hydrogen-bond donors (Lipinski definition) is 0. The van der Waals surface area contributed by atoms with Gasteiger partial charge in [-0.25, -0.2) is 8.78 Å². The van der Waals surface area contributed by atoms with E-state index in [-0.39, 0.29) is 5.56 Å². The molecule has 0 radical (unpaired) electrons. The Balaban J connectivity index is 2.25. The van der Waals surface area contributed by atoms with Gasteiger partial charge in [-0.1, -0.05) is 0 Å². The van der Waals surface area contributed by atoms with Crippen LogP contribution in [0.25, 0.3) is 0 Å². The highest BCUT2D eigenvalue weighted by Crippen LogP contribution is 2.22. The summed E-state index contributed by atoms with van der Waals surface area (Å²) < 4.78 is 25.8. The Hall–Kier alpha value is -1.49. The van der Waals surface area contributed by atoms with E-state index in [1.165, 1.54) is 11.0 Å². The summed E-state index contributed by atoms with van der Waals surface area (Å²) in [6.07, 6.45) is 1.16. The van der Waals surface area contributed by atoms with Crippen LogP contribution in [-0.4, -0.2) is 28.6 Å². The lowest BCUT2D eigenvalue weighted by atomic mass is 10.1. The zero-order valence-electron chi connectivity index (χ0n) is 9.33. The van der Waals surface area contributed by atoms with Crippen molar-refractivity contribution in [2.24, 2.45) is 0 Å². The Morgan fingerprint density at radius 1 is 1.28 bits per heavy atom. The maximum Gasteiger partial charge on any atom is 0.254 e. The number of carbonyl (C=O) groups is 2. The van der Waals surface area contributed by atoms with Crippen molar-refractivity contribution in [2.45, 2.75) is 18.9 Å². The number of halogens is 3. The van der Waals surface area contributed by atoms with Crippen molar-refractivity contribution < 1.29 is 18.4 Å². The second-order valence-electron chi connectivity index (χ2n) is 4.09. The van der Waals surface area contributed by atoms with Gasteiger partial charge < -0.3 is 4.90 Å². The largest absolute Gasteiger partial charge is 0.327 e. The molecule has 1 unspecified atom stereocenters. The molecule has 1 aromatic carbocycles. The summed E-state index contributed by atoms with van der Waals surface area (Å²) in [6.45, 7) is 0.390. The minimum Gasteiger partial charge on any atom is -0.327 e. The van der Waals surface area contributed by atoms with E-state index in [0.29, 0.717) is 19.4 Å². The minimum atomic E-state index is -1.09. The van der Waals surface area contributed by atoms with Crippen LogP contribution in [0.3, 0.4) is 0 Å². The number of carbonyl (C=O) groups excluding carboxylic acids is 2. The summed E-state index contributed by atoms with van der Waals surface area (Å²) in [4.78, 5) is 24.5. The van der Waals surface area contributed by atoms with Crippen molar-refractivity contribution in [1.29, 1.82) is 0 Å². The summed E-state index contributed by atoms with van der Waals surface area (Å²) in [5.41, 5.74) is 0.0127. The maximum atomic E-state index is 13.0. The lowest BCUT2D eigenvalue weighted by Crippen LogP contribution is -2.38. The van der Waals surface area contributed by atoms with Crippen molar-refractivity contribution >= 4 is 22.8 Å². The van der Waals surface area contributed by atoms with Gasteiger partial charge in [-0.05, 0) is 42.6 Å². The predicted octanol–water partition coefficient (Wildman–Crippen LogP) is 2.33. The van der Waals surface area contributed by atoms with Gasteiger partial charge in [0, 0.05) is 12.1 Å². The normalized spacial score (nSPS) is 19.1. The summed E-state index contributed by atoms with van der Waals surface area (Å²) in [5.74, 6) is -2.61. The van der Waals surface area contributed by atoms with Gasteiger partial charge in [0.2, 0.25) is 5.24 Å². The lowest BCUT2D eigenvalue weighted by molar-refractivity contribution is -0.115. The van der Waals surface area contributed by atoms with Crippen LogP contribution in [0, 0.1) is 11.6 Å². The molecule has 2 rings (SSSR count). The topological polar surface area (TPSA) is 37.4 Å². The highest BCUT2D eigenvalue weighted by Gasteiger charge is 2.33. The Kier molecular flexibility index (Phi) is 3.61. The first-order chi connectivity index (χ1) is 8.50. The van der Waals surface area contributed by atoms with Crippen molar-refractivity contribution in [2.75, 3.05) is 6.54 Å². The molecule has 6 heteroatoms. The second kappa shape index (κ2) is 5.02. The highest BCUT2D eigenvalue weighted by molar-refractivity contribution is 6.64. The monoisotopic (exact) mass is 273 g/mol. The molecule has 1 amide bonds. The molecular formula is C12H10ClF2NO2. The fraction of sp³-hybridized carbons (Fsp3) is 0.333. The first kappa shape index (κ1) is 13.0. The third-order valence-electron chi connectivity index (χ3n) is 2.94. The van der Waals surface area contributed by atoms with Gasteiger partial charge in [-0.15, -0.1) is 0 Å². The molecule has 0 spiro atoms. The molecule has 1 heterocycles. The standard InChI is InChI=1S/C12H10ClF2NO2/c13-11(17)10-2-1-5-16(10)12(18)7-3-4-8(14)9(15)6-7/h3-4,6,10H,1-2,5H2. The summed E-state index contributed by atoms with van der Waals surface area (Å²) in [6, 6.07) is 2.23. The summed E-state index contributed by atoms with van der Waals surface area (Å²) in [7, 11) is 0. The van der Waals surface area contributed by atoms with E-state index in [1.807, 2.05) is 0 Å². The van der Waals surface area contributed by atoms with E-state index in [1.54, 1.807) is 0 Å². The van der Waals surface area contributed by atoms with Gasteiger partial charge in [0.15, 0.2) is 11.6 Å². The van der Waals surface area contributed by atoms with Gasteiger partial charge in [0.1, 0.15) is 6.04 Å². The van der Waals surface area contributed by atoms with Crippen molar-refractivity contribution in [3.05, 3.63) is 35.4 Å². The number of likely N-dealkylation sites (tertiary alicyclic amines) is 1. The lowest BCUT2D eigenvalue weighted by Gasteiger charge is -2.21. The number of amides is 1. The molecule has 1 saturated heterocycles. The Labute approximate surface area is 107 Å². The molecule has 1 atom stereocenters. The van der Waals surface area contributed by atoms with Crippen molar-refractivity contribution in [3.63, 3.8) is 0 Å². The van der Waals surface area contributed by atoms with E-state index in [0.717, 1.165) is 12.1 Å². The zero-order valence-corrected chi connectivity index (χ0v) is 10.1. The average Bonchev–Trinajstić information content (AvgIpc) is 2.81. The van der Waals surface area contributed by atoms with Crippen LogP contribution in [-0.2, 0) is 4.79 Å². The van der Waals surface area contributed by atoms with Crippen LogP contribution in [0.1, 0.15) is 23.2 Å². The fourth-order valence-electron chi connectivity index (χ4n) is 2.04. The molecule has 0 aromatic heterocycles. The predicted molar refractivity (Wildman–Crippen MR) is 61.3 cm³/mol.